The summed E-state index contributed by atoms with van der Waals surface area (Å²) in [6.07, 6.45) is 2.64. The molecule has 17 heavy (non-hydrogen) atoms. The summed E-state index contributed by atoms with van der Waals surface area (Å²) >= 11 is 0. The lowest BCUT2D eigenvalue weighted by Crippen LogP contribution is -2.48. The molecule has 1 aliphatic rings. The molecule has 0 aromatic carbocycles. The van der Waals surface area contributed by atoms with Crippen molar-refractivity contribution in [2.75, 3.05) is 33.9 Å². The molecule has 3 heteroatoms. The van der Waals surface area contributed by atoms with E-state index in [1.54, 1.807) is 7.11 Å². The molecule has 0 amide bonds. The fourth-order valence-corrected chi connectivity index (χ4v) is 2.61. The van der Waals surface area contributed by atoms with E-state index >= 15 is 0 Å². The number of hydrogen-bond acceptors (Lipinski definition) is 3. The second-order valence-corrected chi connectivity index (χ2v) is 5.90. The van der Waals surface area contributed by atoms with Gasteiger partial charge in [-0.3, -0.25) is 0 Å². The first kappa shape index (κ1) is 14.9. The average molecular weight is 242 g/mol. The van der Waals surface area contributed by atoms with Crippen molar-refractivity contribution in [2.24, 2.45) is 11.8 Å². The number of nitrogens with zero attached hydrogens (tertiary/aromatic N) is 1. The number of methoxy groups -OCH3 is 1. The van der Waals surface area contributed by atoms with Crippen LogP contribution in [0.1, 0.15) is 33.6 Å². The molecule has 1 heterocycles. The number of nitrogens with one attached hydrogen (secondary N) is 1. The number of likely N-dealkylation sites (tertiary alicyclic amines) is 1. The summed E-state index contributed by atoms with van der Waals surface area (Å²) < 4.78 is 5.30. The lowest BCUT2D eigenvalue weighted by molar-refractivity contribution is 0.123. The summed E-state index contributed by atoms with van der Waals surface area (Å²) in [5.41, 5.74) is 0. The van der Waals surface area contributed by atoms with Crippen LogP contribution in [-0.4, -0.2) is 50.8 Å². The molecule has 1 rings (SSSR count). The van der Waals surface area contributed by atoms with E-state index < -0.39 is 0 Å². The average Bonchev–Trinajstić information content (AvgIpc) is 2.29. The molecule has 0 aliphatic carbocycles. The molecule has 2 unspecified atom stereocenters. The highest BCUT2D eigenvalue weighted by atomic mass is 16.5. The lowest BCUT2D eigenvalue weighted by Gasteiger charge is -2.35. The maximum absolute atomic E-state index is 5.30. The number of rotatable bonds is 6. The van der Waals surface area contributed by atoms with Gasteiger partial charge in [-0.15, -0.1) is 0 Å². The zero-order valence-electron chi connectivity index (χ0n) is 12.2. The topological polar surface area (TPSA) is 24.5 Å². The van der Waals surface area contributed by atoms with Crippen molar-refractivity contribution in [3.63, 3.8) is 0 Å². The maximum atomic E-state index is 5.30. The Morgan fingerprint density at radius 3 is 2.29 bits per heavy atom. The van der Waals surface area contributed by atoms with Gasteiger partial charge in [0.2, 0.25) is 0 Å². The van der Waals surface area contributed by atoms with Crippen molar-refractivity contribution in [3.05, 3.63) is 0 Å². The van der Waals surface area contributed by atoms with Crippen LogP contribution in [0.25, 0.3) is 0 Å². The first-order chi connectivity index (χ1) is 8.04. The molecule has 0 aromatic heterocycles. The molecule has 1 fully saturated rings. The molecule has 2 atom stereocenters. The van der Waals surface area contributed by atoms with Crippen molar-refractivity contribution < 1.29 is 4.74 Å². The Morgan fingerprint density at radius 1 is 1.24 bits per heavy atom. The Kier molecular flexibility index (Phi) is 6.45. The minimum atomic E-state index is 0.481. The second kappa shape index (κ2) is 7.34. The van der Waals surface area contributed by atoms with Gasteiger partial charge < -0.3 is 15.0 Å². The van der Waals surface area contributed by atoms with E-state index in [0.717, 1.165) is 12.5 Å². The first-order valence-corrected chi connectivity index (χ1v) is 6.98. The van der Waals surface area contributed by atoms with Crippen molar-refractivity contribution in [3.8, 4) is 0 Å². The zero-order valence-corrected chi connectivity index (χ0v) is 12.2. The van der Waals surface area contributed by atoms with Crippen LogP contribution in [0.2, 0.25) is 0 Å². The molecular weight excluding hydrogens is 212 g/mol. The summed E-state index contributed by atoms with van der Waals surface area (Å²) in [6.45, 7) is 10.2. The van der Waals surface area contributed by atoms with E-state index in [-0.39, 0.29) is 0 Å². The quantitative estimate of drug-likeness (QED) is 0.771. The summed E-state index contributed by atoms with van der Waals surface area (Å²) in [5, 5.41) is 3.76. The standard InChI is InChI=1S/C14H30N2O/c1-11(2)14(10-17-5)15-12(3)13-6-8-16(4)9-7-13/h11-15H,6-10H2,1-5H3. The third kappa shape index (κ3) is 4.94. The van der Waals surface area contributed by atoms with Gasteiger partial charge in [-0.2, -0.15) is 0 Å². The van der Waals surface area contributed by atoms with Crippen LogP contribution in [0.4, 0.5) is 0 Å². The predicted octanol–water partition coefficient (Wildman–Crippen LogP) is 1.98. The van der Waals surface area contributed by atoms with E-state index in [0.29, 0.717) is 18.0 Å². The third-order valence-corrected chi connectivity index (χ3v) is 4.10. The van der Waals surface area contributed by atoms with E-state index in [1.807, 2.05) is 0 Å². The molecule has 0 radical (unpaired) electrons. The molecule has 0 aromatic rings. The zero-order chi connectivity index (χ0) is 12.8. The second-order valence-electron chi connectivity index (χ2n) is 5.90. The molecule has 3 nitrogen and oxygen atoms in total. The summed E-state index contributed by atoms with van der Waals surface area (Å²) in [7, 11) is 4.01. The monoisotopic (exact) mass is 242 g/mol. The first-order valence-electron chi connectivity index (χ1n) is 6.98. The minimum Gasteiger partial charge on any atom is -0.383 e. The van der Waals surface area contributed by atoms with Gasteiger partial charge in [-0.25, -0.2) is 0 Å². The van der Waals surface area contributed by atoms with E-state index in [2.05, 4.69) is 38.0 Å². The summed E-state index contributed by atoms with van der Waals surface area (Å²) in [6, 6.07) is 1.08. The lowest BCUT2D eigenvalue weighted by atomic mass is 9.89. The smallest absolute Gasteiger partial charge is 0.0618 e. The Hall–Kier alpha value is -0.120. The van der Waals surface area contributed by atoms with Crippen LogP contribution in [0.3, 0.4) is 0 Å². The molecule has 0 bridgehead atoms. The van der Waals surface area contributed by atoms with Crippen LogP contribution < -0.4 is 5.32 Å². The van der Waals surface area contributed by atoms with Gasteiger partial charge in [0.25, 0.3) is 0 Å². The summed E-state index contributed by atoms with van der Waals surface area (Å²) in [4.78, 5) is 2.43. The molecule has 0 spiro atoms. The Bertz CT molecular complexity index is 200. The van der Waals surface area contributed by atoms with Crippen molar-refractivity contribution in [1.29, 1.82) is 0 Å². The van der Waals surface area contributed by atoms with Gasteiger partial charge in [-0.1, -0.05) is 13.8 Å². The Morgan fingerprint density at radius 2 is 1.82 bits per heavy atom. The minimum absolute atomic E-state index is 0.481. The maximum Gasteiger partial charge on any atom is 0.0618 e. The number of hydrogen-bond donors (Lipinski definition) is 1. The van der Waals surface area contributed by atoms with Crippen molar-refractivity contribution >= 4 is 0 Å². The van der Waals surface area contributed by atoms with Crippen LogP contribution >= 0.6 is 0 Å². The molecule has 102 valence electrons. The Balaban J connectivity index is 2.38. The van der Waals surface area contributed by atoms with Gasteiger partial charge in [0.1, 0.15) is 0 Å². The van der Waals surface area contributed by atoms with Crippen LogP contribution in [0.15, 0.2) is 0 Å². The molecule has 1 N–H and O–H groups in total. The molecule has 0 saturated carbocycles. The predicted molar refractivity (Wildman–Crippen MR) is 73.3 cm³/mol. The van der Waals surface area contributed by atoms with Gasteiger partial charge >= 0.3 is 0 Å². The fraction of sp³-hybridized carbons (Fsp3) is 1.00. The van der Waals surface area contributed by atoms with Crippen LogP contribution in [0, 0.1) is 11.8 Å². The number of piperidine rings is 1. The van der Waals surface area contributed by atoms with Gasteiger partial charge in [0.15, 0.2) is 0 Å². The Labute approximate surface area is 107 Å². The highest BCUT2D eigenvalue weighted by Gasteiger charge is 2.24. The van der Waals surface area contributed by atoms with Gasteiger partial charge in [-0.05, 0) is 51.7 Å². The molecule has 1 aliphatic heterocycles. The number of ether oxygens (including phenoxy) is 1. The van der Waals surface area contributed by atoms with E-state index in [1.165, 1.54) is 25.9 Å². The van der Waals surface area contributed by atoms with E-state index in [4.69, 9.17) is 4.74 Å². The SMILES string of the molecule is COCC(NC(C)C1CCN(C)CC1)C(C)C. The molecular formula is C14H30N2O. The van der Waals surface area contributed by atoms with Gasteiger partial charge in [0.05, 0.1) is 6.61 Å². The highest BCUT2D eigenvalue weighted by Crippen LogP contribution is 2.20. The third-order valence-electron chi connectivity index (χ3n) is 4.10. The molecule has 1 saturated heterocycles. The highest BCUT2D eigenvalue weighted by molar-refractivity contribution is 4.82. The van der Waals surface area contributed by atoms with Crippen molar-refractivity contribution in [1.82, 2.24) is 10.2 Å². The van der Waals surface area contributed by atoms with Crippen LogP contribution in [-0.2, 0) is 4.74 Å². The van der Waals surface area contributed by atoms with Crippen LogP contribution in [0.5, 0.6) is 0 Å². The van der Waals surface area contributed by atoms with E-state index in [9.17, 15) is 0 Å². The summed E-state index contributed by atoms with van der Waals surface area (Å²) in [5.74, 6) is 1.45. The van der Waals surface area contributed by atoms with Crippen molar-refractivity contribution in [2.45, 2.75) is 45.7 Å². The van der Waals surface area contributed by atoms with Gasteiger partial charge in [0, 0.05) is 19.2 Å². The largest absolute Gasteiger partial charge is 0.383 e. The fourth-order valence-electron chi connectivity index (χ4n) is 2.61. The normalized spacial score (nSPS) is 22.9.